The molecule has 3 fully saturated rings. The lowest BCUT2D eigenvalue weighted by Crippen LogP contribution is -2.38. The number of hydrogen-bond donors (Lipinski definition) is 1. The van der Waals surface area contributed by atoms with Crippen LogP contribution in [0.2, 0.25) is 5.02 Å². The van der Waals surface area contributed by atoms with E-state index in [4.69, 9.17) is 33.9 Å². The van der Waals surface area contributed by atoms with Crippen molar-refractivity contribution in [3.8, 4) is 34.5 Å². The van der Waals surface area contributed by atoms with Crippen LogP contribution in [-0.4, -0.2) is 67.4 Å². The molecule has 15 heteroatoms. The number of ether oxygens (including phenoxy) is 2. The van der Waals surface area contributed by atoms with Crippen LogP contribution in [0.3, 0.4) is 0 Å². The van der Waals surface area contributed by atoms with Gasteiger partial charge in [0, 0.05) is 30.0 Å². The number of epoxide rings is 1. The van der Waals surface area contributed by atoms with Crippen LogP contribution in [0.4, 0.5) is 5.95 Å². The minimum atomic E-state index is -1.72. The fourth-order valence-corrected chi connectivity index (χ4v) is 7.33. The molecule has 13 nitrogen and oxygen atoms in total. The Morgan fingerprint density at radius 2 is 1.91 bits per heavy atom. The Labute approximate surface area is 265 Å². The Hall–Kier alpha value is -4.08. The second kappa shape index (κ2) is 11.1. The molecule has 2 saturated heterocycles. The van der Waals surface area contributed by atoms with Crippen LogP contribution < -0.4 is 10.1 Å². The Morgan fingerprint density at radius 3 is 2.64 bits per heavy atom. The number of para-hydroxylation sites is 1. The number of nitrogens with one attached hydrogen (secondary N) is 1. The molecule has 5 unspecified atom stereocenters. The molecular weight excluding hydrogens is 620 g/mol. The zero-order valence-corrected chi connectivity index (χ0v) is 26.1. The second-order valence-electron chi connectivity index (χ2n) is 11.2. The Kier molecular flexibility index (Phi) is 6.98. The topological polar surface area (TPSA) is 148 Å². The lowest BCUT2D eigenvalue weighted by molar-refractivity contribution is 0.0489. The number of nitrogens with zero attached hydrogens (tertiary/aromatic N) is 7. The van der Waals surface area contributed by atoms with Gasteiger partial charge < -0.3 is 19.2 Å². The summed E-state index contributed by atoms with van der Waals surface area (Å²) in [5, 5.41) is 21.6. The van der Waals surface area contributed by atoms with Crippen molar-refractivity contribution in [3.05, 3.63) is 71.8 Å². The number of halogens is 1. The first kappa shape index (κ1) is 28.4. The molecule has 0 bridgehead atoms. The highest BCUT2D eigenvalue weighted by molar-refractivity contribution is 8.26. The maximum absolute atomic E-state index is 6.66. The summed E-state index contributed by atoms with van der Waals surface area (Å²) in [7, 11) is -0.144. The van der Waals surface area contributed by atoms with Gasteiger partial charge in [-0.3, -0.25) is 9.55 Å². The quantitative estimate of drug-likeness (QED) is 0.197. The lowest BCUT2D eigenvalue weighted by Gasteiger charge is -2.46. The number of pyridine rings is 2. The molecule has 2 aliphatic heterocycles. The molecule has 5 atom stereocenters. The standard InChI is InChI=1S/C30H29ClN8O5S/c1-16-19(13-20(16)28-37-36-27(44-28)17-10-11-32-24(12-17)40-2)25-29(43-25)34-30-38-35-26(39(30)23-7-5-4-6-21(23)31)22-9-8-18(14-33-22)45(3)41-15-42-45/h4-12,14,16,19-20,25,29H,13,15H2,1-3H3,(H,34,38). The van der Waals surface area contributed by atoms with Crippen molar-refractivity contribution in [2.45, 2.75) is 36.5 Å². The van der Waals surface area contributed by atoms with E-state index in [-0.39, 0.29) is 24.2 Å². The summed E-state index contributed by atoms with van der Waals surface area (Å²) in [6.45, 7) is 2.49. The first-order chi connectivity index (χ1) is 21.9. The monoisotopic (exact) mass is 648 g/mol. The molecule has 1 N–H and O–H groups in total. The number of anilines is 1. The van der Waals surface area contributed by atoms with Crippen molar-refractivity contribution >= 4 is 28.1 Å². The molecule has 0 radical (unpaired) electrons. The highest BCUT2D eigenvalue weighted by Gasteiger charge is 2.55. The van der Waals surface area contributed by atoms with Gasteiger partial charge in [-0.1, -0.05) is 30.7 Å². The molecular formula is C30H29ClN8O5S. The van der Waals surface area contributed by atoms with E-state index in [2.05, 4.69) is 42.6 Å². The van der Waals surface area contributed by atoms with Crippen molar-refractivity contribution in [2.75, 3.05) is 25.5 Å². The van der Waals surface area contributed by atoms with Crippen LogP contribution in [0.1, 0.15) is 25.2 Å². The van der Waals surface area contributed by atoms with Crippen molar-refractivity contribution in [2.24, 2.45) is 11.8 Å². The fourth-order valence-electron chi connectivity index (χ4n) is 5.90. The van der Waals surface area contributed by atoms with E-state index in [1.54, 1.807) is 25.6 Å². The summed E-state index contributed by atoms with van der Waals surface area (Å²) < 4.78 is 30.6. The van der Waals surface area contributed by atoms with Gasteiger partial charge in [0.1, 0.15) is 11.8 Å². The van der Waals surface area contributed by atoms with Crippen molar-refractivity contribution < 1.29 is 22.3 Å². The number of aromatic nitrogens is 7. The zero-order chi connectivity index (χ0) is 30.7. The normalized spacial score (nSPS) is 25.6. The largest absolute Gasteiger partial charge is 0.481 e. The number of rotatable bonds is 9. The van der Waals surface area contributed by atoms with Gasteiger partial charge in [-0.25, -0.2) is 13.4 Å². The molecule has 4 aromatic heterocycles. The lowest BCUT2D eigenvalue weighted by atomic mass is 9.64. The van der Waals surface area contributed by atoms with E-state index in [1.807, 2.05) is 53.3 Å². The number of hydrogen-bond acceptors (Lipinski definition) is 12. The Morgan fingerprint density at radius 1 is 1.04 bits per heavy atom. The first-order valence-corrected chi connectivity index (χ1v) is 16.7. The molecule has 1 aliphatic carbocycles. The van der Waals surface area contributed by atoms with Crippen LogP contribution >= 0.6 is 22.2 Å². The summed E-state index contributed by atoms with van der Waals surface area (Å²) >= 11 is 6.66. The Bertz CT molecular complexity index is 1870. The summed E-state index contributed by atoms with van der Waals surface area (Å²) in [6, 6.07) is 15.0. The van der Waals surface area contributed by atoms with E-state index in [0.717, 1.165) is 22.6 Å². The molecule has 232 valence electrons. The maximum Gasteiger partial charge on any atom is 0.248 e. The van der Waals surface area contributed by atoms with E-state index in [0.29, 0.717) is 52.9 Å². The minimum Gasteiger partial charge on any atom is -0.481 e. The zero-order valence-electron chi connectivity index (χ0n) is 24.5. The molecule has 45 heavy (non-hydrogen) atoms. The van der Waals surface area contributed by atoms with E-state index in [9.17, 15) is 0 Å². The minimum absolute atomic E-state index is 0.00607. The molecule has 5 aromatic rings. The second-order valence-corrected chi connectivity index (χ2v) is 14.1. The van der Waals surface area contributed by atoms with E-state index < -0.39 is 10.6 Å². The number of methoxy groups -OCH3 is 1. The van der Waals surface area contributed by atoms with Crippen LogP contribution in [0.5, 0.6) is 5.88 Å². The highest BCUT2D eigenvalue weighted by Crippen LogP contribution is 2.60. The fraction of sp³-hybridized carbons (Fsp3) is 0.333. The average molecular weight is 649 g/mol. The molecule has 1 saturated carbocycles. The van der Waals surface area contributed by atoms with Crippen molar-refractivity contribution in [1.82, 2.24) is 34.9 Å². The summed E-state index contributed by atoms with van der Waals surface area (Å²) in [5.41, 5.74) is 2.13. The summed E-state index contributed by atoms with van der Waals surface area (Å²) in [4.78, 5) is 9.71. The van der Waals surface area contributed by atoms with Crippen LogP contribution in [0.25, 0.3) is 28.7 Å². The smallest absolute Gasteiger partial charge is 0.248 e. The van der Waals surface area contributed by atoms with E-state index >= 15 is 0 Å². The molecule has 1 aromatic carbocycles. The van der Waals surface area contributed by atoms with Gasteiger partial charge in [-0.15, -0.1) is 20.4 Å². The van der Waals surface area contributed by atoms with Gasteiger partial charge >= 0.3 is 0 Å². The van der Waals surface area contributed by atoms with Gasteiger partial charge in [0.2, 0.25) is 23.6 Å². The highest BCUT2D eigenvalue weighted by atomic mass is 35.5. The van der Waals surface area contributed by atoms with E-state index in [1.165, 1.54) is 0 Å². The first-order valence-electron chi connectivity index (χ1n) is 14.4. The molecule has 6 heterocycles. The summed E-state index contributed by atoms with van der Waals surface area (Å²) in [6.07, 6.45) is 6.01. The molecule has 0 amide bonds. The average Bonchev–Trinajstić information content (AvgIpc) is 3.41. The molecule has 0 spiro atoms. The van der Waals surface area contributed by atoms with Gasteiger partial charge in [0.05, 0.1) is 28.9 Å². The predicted molar refractivity (Wildman–Crippen MR) is 165 cm³/mol. The summed E-state index contributed by atoms with van der Waals surface area (Å²) in [5.74, 6) is 3.37. The predicted octanol–water partition coefficient (Wildman–Crippen LogP) is 5.64. The van der Waals surface area contributed by atoms with Gasteiger partial charge in [0.15, 0.2) is 18.8 Å². The number of benzene rings is 1. The van der Waals surface area contributed by atoms with Gasteiger partial charge in [0.25, 0.3) is 0 Å². The van der Waals surface area contributed by atoms with Crippen molar-refractivity contribution in [1.29, 1.82) is 0 Å². The third kappa shape index (κ3) is 5.02. The van der Waals surface area contributed by atoms with Crippen molar-refractivity contribution in [3.63, 3.8) is 0 Å². The third-order valence-corrected chi connectivity index (χ3v) is 11.2. The third-order valence-electron chi connectivity index (χ3n) is 8.70. The van der Waals surface area contributed by atoms with Crippen LogP contribution in [0, 0.1) is 11.8 Å². The molecule has 8 rings (SSSR count). The van der Waals surface area contributed by atoms with Gasteiger partial charge in [-0.2, -0.15) is 10.6 Å². The SMILES string of the molecule is COc1cc(-c2nnc(C3CC(C4OC4Nc4nnc(-c5ccc(S6(C)OCO6)cn5)n4-c4ccccc4Cl)C3C)o2)ccn1. The van der Waals surface area contributed by atoms with Crippen LogP contribution in [-0.2, 0) is 13.1 Å². The van der Waals surface area contributed by atoms with Crippen LogP contribution in [0.15, 0.2) is 70.2 Å². The maximum atomic E-state index is 6.66. The Balaban J connectivity index is 0.984. The molecule has 3 aliphatic rings. The van der Waals surface area contributed by atoms with Gasteiger partial charge in [-0.05, 0) is 48.6 Å².